The topological polar surface area (TPSA) is 49.7 Å². The highest BCUT2D eigenvalue weighted by molar-refractivity contribution is 8.01. The number of benzene rings is 1. The summed E-state index contributed by atoms with van der Waals surface area (Å²) >= 11 is 0. The molecule has 0 spiro atoms. The van der Waals surface area contributed by atoms with Crippen LogP contribution >= 0.6 is 0 Å². The van der Waals surface area contributed by atoms with Gasteiger partial charge in [-0.25, -0.2) is 8.78 Å². The third-order valence-electron chi connectivity index (χ3n) is 2.90. The Morgan fingerprint density at radius 3 is 2.48 bits per heavy atom. The van der Waals surface area contributed by atoms with Gasteiger partial charge in [0.15, 0.2) is 0 Å². The molecule has 0 amide bonds. The normalized spacial score (nSPS) is 19.5. The number of nitrogens with zero attached hydrogens (tertiary/aromatic N) is 2. The van der Waals surface area contributed by atoms with E-state index in [4.69, 9.17) is 0 Å². The van der Waals surface area contributed by atoms with Crippen molar-refractivity contribution in [1.29, 1.82) is 0 Å². The van der Waals surface area contributed by atoms with Crippen LogP contribution in [0.3, 0.4) is 0 Å². The fourth-order valence-corrected chi connectivity index (χ4v) is 5.08. The van der Waals surface area contributed by atoms with Gasteiger partial charge in [-0.2, -0.15) is 8.42 Å². The third kappa shape index (κ3) is 3.68. The molecule has 0 saturated carbocycles. The standard InChI is InChI=1S/C13H16F2N2O2S2/c1-13(2,3)17-6-7-20(9-17)16-21(18,19)12-5-4-10(14)8-11(12)15/h4-8H,9H2,1-3H3. The van der Waals surface area contributed by atoms with Gasteiger partial charge in [-0.1, -0.05) is 0 Å². The maximum Gasteiger partial charge on any atom is 0.291 e. The monoisotopic (exact) mass is 334 g/mol. The first kappa shape index (κ1) is 16.1. The van der Waals surface area contributed by atoms with Crippen molar-refractivity contribution in [3.63, 3.8) is 0 Å². The lowest BCUT2D eigenvalue weighted by Crippen LogP contribution is -2.36. The highest BCUT2D eigenvalue weighted by Crippen LogP contribution is 2.23. The zero-order valence-electron chi connectivity index (χ0n) is 11.9. The van der Waals surface area contributed by atoms with Crippen molar-refractivity contribution in [2.24, 2.45) is 3.77 Å². The molecule has 1 aromatic rings. The molecule has 21 heavy (non-hydrogen) atoms. The van der Waals surface area contributed by atoms with Crippen LogP contribution in [0.25, 0.3) is 0 Å². The Balaban J connectivity index is 2.31. The maximum absolute atomic E-state index is 13.6. The summed E-state index contributed by atoms with van der Waals surface area (Å²) in [6.07, 6.45) is 1.79. The summed E-state index contributed by atoms with van der Waals surface area (Å²) < 4.78 is 54.4. The van der Waals surface area contributed by atoms with Crippen LogP contribution in [0.1, 0.15) is 20.8 Å². The number of sulfonamides is 1. The van der Waals surface area contributed by atoms with Gasteiger partial charge in [-0.15, -0.1) is 3.77 Å². The van der Waals surface area contributed by atoms with Crippen molar-refractivity contribution in [2.45, 2.75) is 31.2 Å². The summed E-state index contributed by atoms with van der Waals surface area (Å²) in [5.41, 5.74) is -0.140. The Morgan fingerprint density at radius 2 is 1.95 bits per heavy atom. The van der Waals surface area contributed by atoms with Gasteiger partial charge >= 0.3 is 0 Å². The second-order valence-electron chi connectivity index (χ2n) is 5.58. The van der Waals surface area contributed by atoms with Gasteiger partial charge in [0.2, 0.25) is 0 Å². The van der Waals surface area contributed by atoms with E-state index in [-0.39, 0.29) is 5.54 Å². The van der Waals surface area contributed by atoms with Crippen LogP contribution in [0.4, 0.5) is 8.78 Å². The summed E-state index contributed by atoms with van der Waals surface area (Å²) in [6, 6.07) is 2.34. The van der Waals surface area contributed by atoms with Crippen LogP contribution in [0.5, 0.6) is 0 Å². The highest BCUT2D eigenvalue weighted by Gasteiger charge is 2.25. The summed E-state index contributed by atoms with van der Waals surface area (Å²) in [4.78, 5) is 1.37. The molecule has 0 aromatic heterocycles. The first-order valence-corrected chi connectivity index (χ1v) is 9.03. The molecule has 1 aromatic carbocycles. The number of halogens is 2. The van der Waals surface area contributed by atoms with E-state index in [0.717, 1.165) is 12.1 Å². The molecule has 4 nitrogen and oxygen atoms in total. The van der Waals surface area contributed by atoms with Gasteiger partial charge in [-0.3, -0.25) is 0 Å². The predicted molar refractivity (Wildman–Crippen MR) is 78.9 cm³/mol. The molecule has 8 heteroatoms. The summed E-state index contributed by atoms with van der Waals surface area (Å²) in [5, 5.41) is 1.68. The highest BCUT2D eigenvalue weighted by atomic mass is 32.3. The average Bonchev–Trinajstić information content (AvgIpc) is 2.75. The van der Waals surface area contributed by atoms with Crippen molar-refractivity contribution in [3.8, 4) is 0 Å². The number of hydrogen-bond donors (Lipinski definition) is 0. The molecular formula is C13H16F2N2O2S2. The lowest BCUT2D eigenvalue weighted by molar-refractivity contribution is 0.243. The second-order valence-corrected chi connectivity index (χ2v) is 8.90. The molecule has 0 aliphatic carbocycles. The van der Waals surface area contributed by atoms with Gasteiger partial charge in [-0.05, 0) is 43.6 Å². The van der Waals surface area contributed by atoms with Crippen LogP contribution < -0.4 is 0 Å². The summed E-state index contributed by atoms with van der Waals surface area (Å²) in [7, 11) is -5.01. The molecule has 116 valence electrons. The Morgan fingerprint density at radius 1 is 1.29 bits per heavy atom. The van der Waals surface area contributed by atoms with E-state index in [1.807, 2.05) is 25.7 Å². The minimum absolute atomic E-state index is 0.140. The fourth-order valence-electron chi connectivity index (χ4n) is 1.69. The van der Waals surface area contributed by atoms with E-state index >= 15 is 0 Å². The predicted octanol–water partition coefficient (Wildman–Crippen LogP) is 3.00. The van der Waals surface area contributed by atoms with Crippen molar-refractivity contribution in [3.05, 3.63) is 41.4 Å². The fraction of sp³-hybridized carbons (Fsp3) is 0.385. The maximum atomic E-state index is 13.6. The molecule has 2 rings (SSSR count). The average molecular weight is 334 g/mol. The first-order valence-electron chi connectivity index (χ1n) is 6.17. The summed E-state index contributed by atoms with van der Waals surface area (Å²) in [6.45, 7) is 6.00. The Hall–Kier alpha value is -1.28. The van der Waals surface area contributed by atoms with Crippen molar-refractivity contribution >= 4 is 20.7 Å². The largest absolute Gasteiger partial charge is 0.362 e. The second kappa shape index (κ2) is 5.49. The Bertz CT molecular complexity index is 722. The van der Waals surface area contributed by atoms with Gasteiger partial charge < -0.3 is 4.90 Å². The number of rotatable bonds is 2. The van der Waals surface area contributed by atoms with Gasteiger partial charge in [0.1, 0.15) is 16.5 Å². The Labute approximate surface area is 125 Å². The molecule has 0 saturated heterocycles. The van der Waals surface area contributed by atoms with Crippen LogP contribution in [0, 0.1) is 11.6 Å². The Kier molecular flexibility index (Phi) is 4.21. The lowest BCUT2D eigenvalue weighted by atomic mass is 10.1. The smallest absolute Gasteiger partial charge is 0.291 e. The van der Waals surface area contributed by atoms with Gasteiger partial charge in [0, 0.05) is 23.2 Å². The molecule has 1 unspecified atom stereocenters. The minimum Gasteiger partial charge on any atom is -0.362 e. The third-order valence-corrected chi connectivity index (χ3v) is 6.31. The van der Waals surface area contributed by atoms with Crippen LogP contribution in [0.15, 0.2) is 38.5 Å². The quantitative estimate of drug-likeness (QED) is 0.835. The lowest BCUT2D eigenvalue weighted by Gasteiger charge is -2.31. The van der Waals surface area contributed by atoms with Gasteiger partial charge in [0.25, 0.3) is 10.0 Å². The van der Waals surface area contributed by atoms with Crippen molar-refractivity contribution in [1.82, 2.24) is 4.90 Å². The molecule has 1 aliphatic rings. The van der Waals surface area contributed by atoms with E-state index in [0.29, 0.717) is 11.9 Å². The first-order chi connectivity index (χ1) is 9.59. The van der Waals surface area contributed by atoms with Crippen molar-refractivity contribution < 1.29 is 17.2 Å². The zero-order valence-corrected chi connectivity index (χ0v) is 13.5. The molecule has 1 heterocycles. The van der Waals surface area contributed by atoms with Crippen LogP contribution in [0.2, 0.25) is 0 Å². The van der Waals surface area contributed by atoms with E-state index in [2.05, 4.69) is 3.77 Å². The van der Waals surface area contributed by atoms with Crippen molar-refractivity contribution in [2.75, 3.05) is 5.88 Å². The van der Waals surface area contributed by atoms with E-state index < -0.39 is 37.2 Å². The van der Waals surface area contributed by atoms with E-state index in [1.54, 1.807) is 11.6 Å². The van der Waals surface area contributed by atoms with E-state index in [9.17, 15) is 17.2 Å². The van der Waals surface area contributed by atoms with E-state index in [1.165, 1.54) is 0 Å². The molecule has 0 radical (unpaired) electrons. The molecule has 0 fully saturated rings. The van der Waals surface area contributed by atoms with Gasteiger partial charge in [0.05, 0.1) is 5.88 Å². The van der Waals surface area contributed by atoms with Crippen LogP contribution in [-0.2, 0) is 20.7 Å². The molecule has 0 N–H and O–H groups in total. The molecule has 1 aliphatic heterocycles. The SMILES string of the molecule is CC(C)(C)N1C=CS(=NS(=O)(=O)c2ccc(F)cc2F)C1. The number of hydrogen-bond acceptors (Lipinski definition) is 3. The molecule has 0 bridgehead atoms. The molecular weight excluding hydrogens is 318 g/mol. The minimum atomic E-state index is -4.14. The van der Waals surface area contributed by atoms with Crippen LogP contribution in [-0.4, -0.2) is 24.7 Å². The zero-order chi connectivity index (χ0) is 15.8. The molecule has 1 atom stereocenters. The summed E-state index contributed by atoms with van der Waals surface area (Å²) in [5.74, 6) is -1.52.